The fourth-order valence-electron chi connectivity index (χ4n) is 4.02. The highest BCUT2D eigenvalue weighted by Crippen LogP contribution is 2.40. The summed E-state index contributed by atoms with van der Waals surface area (Å²) in [4.78, 5) is 14.5. The minimum atomic E-state index is -0.288. The molecular weight excluding hydrogens is 458 g/mol. The van der Waals surface area contributed by atoms with Crippen molar-refractivity contribution in [1.82, 2.24) is 19.8 Å². The number of thioether (sulfide) groups is 1. The van der Waals surface area contributed by atoms with E-state index in [2.05, 4.69) is 37.4 Å². The van der Waals surface area contributed by atoms with Gasteiger partial charge in [-0.1, -0.05) is 17.8 Å². The Labute approximate surface area is 198 Å². The first-order valence-corrected chi connectivity index (χ1v) is 12.7. The number of hydrogen-bond donors (Lipinski definition) is 0. The van der Waals surface area contributed by atoms with E-state index in [1.54, 1.807) is 23.9 Å². The van der Waals surface area contributed by atoms with Crippen LogP contribution < -0.4 is 0 Å². The summed E-state index contributed by atoms with van der Waals surface area (Å²) in [5, 5.41) is 17.9. The van der Waals surface area contributed by atoms with Gasteiger partial charge in [-0.15, -0.1) is 21.5 Å². The van der Waals surface area contributed by atoms with Crippen LogP contribution in [0.5, 0.6) is 0 Å². The molecule has 1 amide bonds. The minimum absolute atomic E-state index is 0.104. The Bertz CT molecular complexity index is 1260. The molecule has 0 radical (unpaired) electrons. The van der Waals surface area contributed by atoms with Gasteiger partial charge >= 0.3 is 0 Å². The molecule has 5 heterocycles. The zero-order valence-electron chi connectivity index (χ0n) is 17.7. The minimum Gasteiger partial charge on any atom is -0.467 e. The van der Waals surface area contributed by atoms with Crippen LogP contribution in [0.2, 0.25) is 0 Å². The number of rotatable bonds is 8. The molecule has 1 saturated carbocycles. The first kappa shape index (κ1) is 20.5. The van der Waals surface area contributed by atoms with Crippen LogP contribution in [0.25, 0.3) is 0 Å². The number of aromatic nitrogens is 3. The zero-order chi connectivity index (χ0) is 22.2. The van der Waals surface area contributed by atoms with Gasteiger partial charge in [-0.05, 0) is 48.6 Å². The second-order valence-electron chi connectivity index (χ2n) is 8.04. The highest BCUT2D eigenvalue weighted by molar-refractivity contribution is 7.99. The lowest BCUT2D eigenvalue weighted by Crippen LogP contribution is -2.28. The smallest absolute Gasteiger partial charge is 0.253 e. The number of hydrazone groups is 1. The normalized spacial score (nSPS) is 18.1. The molecule has 0 aromatic carbocycles. The summed E-state index contributed by atoms with van der Waals surface area (Å²) in [5.74, 6) is 2.45. The van der Waals surface area contributed by atoms with E-state index >= 15 is 0 Å². The molecule has 1 fully saturated rings. The van der Waals surface area contributed by atoms with Crippen molar-refractivity contribution in [2.75, 3.05) is 5.75 Å². The number of thiophene rings is 1. The van der Waals surface area contributed by atoms with E-state index in [1.807, 2.05) is 24.3 Å². The first-order chi connectivity index (χ1) is 16.3. The highest BCUT2D eigenvalue weighted by Gasteiger charge is 2.36. The number of hydrogen-bond acceptors (Lipinski definition) is 8. The fraction of sp³-hybridized carbons (Fsp3) is 0.304. The van der Waals surface area contributed by atoms with Crippen molar-refractivity contribution in [3.05, 3.63) is 76.5 Å². The van der Waals surface area contributed by atoms with Crippen molar-refractivity contribution in [2.45, 2.75) is 42.9 Å². The fourth-order valence-corrected chi connectivity index (χ4v) is 5.60. The lowest BCUT2D eigenvalue weighted by Gasteiger charge is -2.19. The molecule has 33 heavy (non-hydrogen) atoms. The van der Waals surface area contributed by atoms with Crippen molar-refractivity contribution in [1.29, 1.82) is 0 Å². The van der Waals surface area contributed by atoms with Gasteiger partial charge in [-0.3, -0.25) is 4.79 Å². The molecular formula is C23H21N5O3S2. The molecule has 6 rings (SSSR count). The molecule has 4 aromatic rings. The lowest BCUT2D eigenvalue weighted by molar-refractivity contribution is -0.130. The number of amides is 1. The van der Waals surface area contributed by atoms with Crippen LogP contribution in [0.1, 0.15) is 53.6 Å². The van der Waals surface area contributed by atoms with Crippen LogP contribution in [-0.4, -0.2) is 37.1 Å². The van der Waals surface area contributed by atoms with E-state index in [0.29, 0.717) is 24.0 Å². The third-order valence-corrected chi connectivity index (χ3v) is 7.53. The Balaban J connectivity index is 1.20. The largest absolute Gasteiger partial charge is 0.467 e. The van der Waals surface area contributed by atoms with Crippen LogP contribution in [0.3, 0.4) is 0 Å². The van der Waals surface area contributed by atoms with E-state index < -0.39 is 0 Å². The third kappa shape index (κ3) is 4.16. The molecule has 0 unspecified atom stereocenters. The monoisotopic (exact) mass is 479 g/mol. The summed E-state index contributed by atoms with van der Waals surface area (Å²) in [5.41, 5.74) is 0.735. The molecule has 4 aromatic heterocycles. The Hall–Kier alpha value is -3.11. The molecule has 10 heteroatoms. The summed E-state index contributed by atoms with van der Waals surface area (Å²) in [6.45, 7) is 0. The summed E-state index contributed by atoms with van der Waals surface area (Å²) in [6, 6.07) is 11.7. The summed E-state index contributed by atoms with van der Waals surface area (Å²) in [6.07, 6.45) is 6.78. The van der Waals surface area contributed by atoms with Crippen molar-refractivity contribution in [3.63, 3.8) is 0 Å². The van der Waals surface area contributed by atoms with Crippen molar-refractivity contribution >= 4 is 34.7 Å². The maximum Gasteiger partial charge on any atom is 0.253 e. The van der Waals surface area contributed by atoms with Crippen molar-refractivity contribution in [3.8, 4) is 0 Å². The van der Waals surface area contributed by atoms with Gasteiger partial charge in [-0.25, -0.2) is 5.01 Å². The van der Waals surface area contributed by atoms with E-state index in [-0.39, 0.29) is 17.7 Å². The molecule has 0 saturated heterocycles. The predicted octanol–water partition coefficient (Wildman–Crippen LogP) is 4.92. The zero-order valence-corrected chi connectivity index (χ0v) is 19.3. The standard InChI is InChI=1S/C23H21N5O3S2/c29-22(28-18(20-6-2-10-31-20)13-17(26-28)19-5-1-9-30-19)14-33-23-25-24-21(27(23)15-7-8-15)12-16-4-3-11-32-16/h1-6,9-11,15,18H,7-8,12-14H2/t18-/m1/s1. The Morgan fingerprint density at radius 2 is 2.00 bits per heavy atom. The van der Waals surface area contributed by atoms with Crippen LogP contribution in [0.15, 0.2) is 73.4 Å². The molecule has 1 aliphatic carbocycles. The van der Waals surface area contributed by atoms with Crippen LogP contribution in [-0.2, 0) is 11.2 Å². The molecule has 8 nitrogen and oxygen atoms in total. The molecule has 2 aliphatic rings. The van der Waals surface area contributed by atoms with Crippen LogP contribution >= 0.6 is 23.1 Å². The molecule has 0 N–H and O–H groups in total. The third-order valence-electron chi connectivity index (χ3n) is 5.73. The Morgan fingerprint density at radius 1 is 1.12 bits per heavy atom. The van der Waals surface area contributed by atoms with Crippen molar-refractivity contribution < 1.29 is 13.6 Å². The maximum absolute atomic E-state index is 13.3. The molecule has 0 bridgehead atoms. The lowest BCUT2D eigenvalue weighted by atomic mass is 10.1. The van der Waals surface area contributed by atoms with E-state index in [4.69, 9.17) is 8.83 Å². The van der Waals surface area contributed by atoms with Gasteiger partial charge in [0, 0.05) is 23.8 Å². The predicted molar refractivity (Wildman–Crippen MR) is 124 cm³/mol. The number of nitrogens with zero attached hydrogens (tertiary/aromatic N) is 5. The molecule has 168 valence electrons. The maximum atomic E-state index is 13.3. The van der Waals surface area contributed by atoms with Gasteiger partial charge in [0.05, 0.1) is 18.3 Å². The van der Waals surface area contributed by atoms with E-state index in [9.17, 15) is 4.79 Å². The first-order valence-electron chi connectivity index (χ1n) is 10.8. The van der Waals surface area contributed by atoms with Crippen molar-refractivity contribution in [2.24, 2.45) is 5.10 Å². The van der Waals surface area contributed by atoms with Gasteiger partial charge in [-0.2, -0.15) is 5.10 Å². The average molecular weight is 480 g/mol. The van der Waals surface area contributed by atoms with Gasteiger partial charge in [0.2, 0.25) is 0 Å². The van der Waals surface area contributed by atoms with Gasteiger partial charge in [0.1, 0.15) is 29.1 Å². The molecule has 1 atom stereocenters. The molecule has 0 spiro atoms. The number of furan rings is 2. The Kier molecular flexibility index (Phi) is 5.39. The second-order valence-corrected chi connectivity index (χ2v) is 10.0. The van der Waals surface area contributed by atoms with Crippen LogP contribution in [0, 0.1) is 0 Å². The average Bonchev–Trinajstić information content (AvgIpc) is 3.45. The quantitative estimate of drug-likeness (QED) is 0.333. The van der Waals surface area contributed by atoms with Gasteiger partial charge in [0.15, 0.2) is 5.16 Å². The SMILES string of the molecule is O=C(CSc1nnc(Cc2cccs2)n1C1CC1)N1N=C(c2ccco2)C[C@@H]1c1ccco1. The highest BCUT2D eigenvalue weighted by atomic mass is 32.2. The number of carbonyl (C=O) groups excluding carboxylic acids is 1. The molecule has 1 aliphatic heterocycles. The summed E-state index contributed by atoms with van der Waals surface area (Å²) >= 11 is 3.14. The summed E-state index contributed by atoms with van der Waals surface area (Å²) < 4.78 is 13.3. The number of carbonyl (C=O) groups is 1. The van der Waals surface area contributed by atoms with Gasteiger partial charge in [0.25, 0.3) is 5.91 Å². The van der Waals surface area contributed by atoms with Crippen LogP contribution in [0.4, 0.5) is 0 Å². The second kappa shape index (κ2) is 8.68. The summed E-state index contributed by atoms with van der Waals surface area (Å²) in [7, 11) is 0. The van der Waals surface area contributed by atoms with Gasteiger partial charge < -0.3 is 13.4 Å². The topological polar surface area (TPSA) is 89.7 Å². The van der Waals surface area contributed by atoms with E-state index in [0.717, 1.165) is 36.0 Å². The van der Waals surface area contributed by atoms with E-state index in [1.165, 1.54) is 21.6 Å². The Morgan fingerprint density at radius 3 is 2.73 bits per heavy atom.